The zero-order valence-corrected chi connectivity index (χ0v) is 7.62. The van der Waals surface area contributed by atoms with E-state index in [0.29, 0.717) is 9.60 Å². The summed E-state index contributed by atoms with van der Waals surface area (Å²) in [6.45, 7) is 0. The third-order valence-corrected chi connectivity index (χ3v) is 3.16. The second kappa shape index (κ2) is 2.64. The molecule has 0 saturated heterocycles. The van der Waals surface area contributed by atoms with Gasteiger partial charge >= 0.3 is 0 Å². The summed E-state index contributed by atoms with van der Waals surface area (Å²) in [4.78, 5) is 0.304. The molecular formula is C8H5FOS2. The molecule has 2 aromatic rings. The van der Waals surface area contributed by atoms with E-state index >= 15 is 0 Å². The Balaban J connectivity index is 2.89. The molecule has 1 aromatic heterocycles. The van der Waals surface area contributed by atoms with Crippen molar-refractivity contribution in [3.8, 4) is 5.06 Å². The Morgan fingerprint density at radius 3 is 2.92 bits per heavy atom. The number of aromatic hydroxyl groups is 1. The van der Waals surface area contributed by atoms with E-state index in [1.807, 2.05) is 0 Å². The molecule has 1 nitrogen and oxygen atoms in total. The van der Waals surface area contributed by atoms with E-state index < -0.39 is 0 Å². The first kappa shape index (κ1) is 7.89. The van der Waals surface area contributed by atoms with Crippen molar-refractivity contribution in [2.75, 3.05) is 0 Å². The van der Waals surface area contributed by atoms with Crippen molar-refractivity contribution in [3.63, 3.8) is 0 Å². The number of hydrogen-bond acceptors (Lipinski definition) is 3. The lowest BCUT2D eigenvalue weighted by atomic mass is 10.2. The average molecular weight is 200 g/mol. The van der Waals surface area contributed by atoms with Gasteiger partial charge in [-0.25, -0.2) is 4.39 Å². The second-order valence-corrected chi connectivity index (χ2v) is 3.88. The fourth-order valence-electron chi connectivity index (χ4n) is 1.05. The van der Waals surface area contributed by atoms with Gasteiger partial charge in [0.25, 0.3) is 0 Å². The van der Waals surface area contributed by atoms with Gasteiger partial charge in [0.2, 0.25) is 0 Å². The zero-order chi connectivity index (χ0) is 8.72. The van der Waals surface area contributed by atoms with Crippen LogP contribution in [0.1, 0.15) is 0 Å². The summed E-state index contributed by atoms with van der Waals surface area (Å²) >= 11 is 5.13. The molecule has 62 valence electrons. The minimum Gasteiger partial charge on any atom is -0.499 e. The Morgan fingerprint density at radius 1 is 1.42 bits per heavy atom. The van der Waals surface area contributed by atoms with E-state index in [-0.39, 0.29) is 10.9 Å². The lowest BCUT2D eigenvalue weighted by molar-refractivity contribution is 0.491. The maximum Gasteiger partial charge on any atom is 0.172 e. The molecule has 0 aliphatic rings. The van der Waals surface area contributed by atoms with Gasteiger partial charge in [0.05, 0.1) is 9.60 Å². The van der Waals surface area contributed by atoms with Gasteiger partial charge in [-0.2, -0.15) is 0 Å². The normalized spacial score (nSPS) is 10.8. The molecule has 1 heterocycles. The Bertz CT molecular complexity index is 436. The topological polar surface area (TPSA) is 20.2 Å². The molecule has 0 saturated carbocycles. The van der Waals surface area contributed by atoms with Crippen molar-refractivity contribution < 1.29 is 9.50 Å². The first-order valence-electron chi connectivity index (χ1n) is 3.28. The number of benzene rings is 1. The Hall–Kier alpha value is -0.740. The monoisotopic (exact) mass is 200 g/mol. The maximum atomic E-state index is 12.9. The van der Waals surface area contributed by atoms with Crippen LogP contribution in [0.15, 0.2) is 23.1 Å². The number of thiophene rings is 1. The third kappa shape index (κ3) is 1.07. The molecule has 1 N–H and O–H groups in total. The van der Waals surface area contributed by atoms with Crippen molar-refractivity contribution in [2.24, 2.45) is 0 Å². The van der Waals surface area contributed by atoms with Gasteiger partial charge in [-0.05, 0) is 17.5 Å². The maximum absolute atomic E-state index is 12.9. The highest BCUT2D eigenvalue weighted by molar-refractivity contribution is 7.80. The summed E-state index contributed by atoms with van der Waals surface area (Å²) in [5, 5.41) is 10.1. The van der Waals surface area contributed by atoms with Crippen molar-refractivity contribution in [3.05, 3.63) is 24.0 Å². The Morgan fingerprint density at radius 2 is 2.17 bits per heavy atom. The predicted molar refractivity (Wildman–Crippen MR) is 50.7 cm³/mol. The lowest BCUT2D eigenvalue weighted by Gasteiger charge is -1.94. The molecule has 0 aliphatic heterocycles. The van der Waals surface area contributed by atoms with Gasteiger partial charge in [0, 0.05) is 0 Å². The fraction of sp³-hybridized carbons (Fsp3) is 0. The van der Waals surface area contributed by atoms with Gasteiger partial charge in [0.15, 0.2) is 5.06 Å². The Labute approximate surface area is 77.9 Å². The van der Waals surface area contributed by atoms with Gasteiger partial charge < -0.3 is 5.11 Å². The van der Waals surface area contributed by atoms with Crippen LogP contribution < -0.4 is 0 Å². The summed E-state index contributed by atoms with van der Waals surface area (Å²) in [6.07, 6.45) is 0. The lowest BCUT2D eigenvalue weighted by Crippen LogP contribution is -1.75. The number of hydrogen-bond donors (Lipinski definition) is 2. The largest absolute Gasteiger partial charge is 0.499 e. The SMILES string of the molecule is Oc1cc2ccc(F)c(S)c2s1. The van der Waals surface area contributed by atoms with Crippen LogP contribution in [0.5, 0.6) is 5.06 Å². The molecule has 0 fully saturated rings. The van der Waals surface area contributed by atoms with Crippen LogP contribution in [-0.4, -0.2) is 5.11 Å². The van der Waals surface area contributed by atoms with Crippen LogP contribution in [0.2, 0.25) is 0 Å². The van der Waals surface area contributed by atoms with Crippen LogP contribution in [-0.2, 0) is 0 Å². The van der Waals surface area contributed by atoms with Crippen molar-refractivity contribution in [1.29, 1.82) is 0 Å². The Kier molecular flexibility index (Phi) is 1.73. The summed E-state index contributed by atoms with van der Waals surface area (Å²) in [6, 6.07) is 4.57. The third-order valence-electron chi connectivity index (χ3n) is 1.60. The van der Waals surface area contributed by atoms with Crippen LogP contribution in [0, 0.1) is 5.82 Å². The van der Waals surface area contributed by atoms with Gasteiger partial charge in [-0.1, -0.05) is 17.4 Å². The smallest absolute Gasteiger partial charge is 0.172 e. The van der Waals surface area contributed by atoms with Crippen molar-refractivity contribution >= 4 is 34.1 Å². The minimum absolute atomic E-state index is 0.186. The quantitative estimate of drug-likeness (QED) is 0.626. The van der Waals surface area contributed by atoms with Crippen molar-refractivity contribution in [2.45, 2.75) is 4.90 Å². The average Bonchev–Trinajstić information content (AvgIpc) is 2.39. The summed E-state index contributed by atoms with van der Waals surface area (Å²) in [5.74, 6) is -0.354. The highest BCUT2D eigenvalue weighted by Gasteiger charge is 2.06. The molecule has 4 heteroatoms. The van der Waals surface area contributed by atoms with Gasteiger partial charge in [-0.3, -0.25) is 0 Å². The molecule has 0 spiro atoms. The standard InChI is InChI=1S/C8H5FOS2/c9-5-2-1-4-3-6(10)12-8(4)7(5)11/h1-3,10-11H. The summed E-state index contributed by atoms with van der Waals surface area (Å²) in [5.41, 5.74) is 0. The molecule has 0 unspecified atom stereocenters. The number of rotatable bonds is 0. The zero-order valence-electron chi connectivity index (χ0n) is 5.91. The van der Waals surface area contributed by atoms with E-state index in [1.165, 1.54) is 6.07 Å². The minimum atomic E-state index is -0.354. The van der Waals surface area contributed by atoms with Crippen LogP contribution >= 0.6 is 24.0 Å². The molecule has 12 heavy (non-hydrogen) atoms. The van der Waals surface area contributed by atoms with Gasteiger partial charge in [-0.15, -0.1) is 12.6 Å². The molecule has 0 radical (unpaired) electrons. The fourth-order valence-corrected chi connectivity index (χ4v) is 2.23. The van der Waals surface area contributed by atoms with Crippen LogP contribution in [0.3, 0.4) is 0 Å². The highest BCUT2D eigenvalue weighted by Crippen LogP contribution is 2.35. The van der Waals surface area contributed by atoms with E-state index in [1.54, 1.807) is 12.1 Å². The van der Waals surface area contributed by atoms with Gasteiger partial charge in [0.1, 0.15) is 5.82 Å². The van der Waals surface area contributed by atoms with E-state index in [2.05, 4.69) is 12.6 Å². The number of thiol groups is 1. The summed E-state index contributed by atoms with van der Waals surface area (Å²) in [7, 11) is 0. The molecule has 0 amide bonds. The van der Waals surface area contributed by atoms with E-state index in [9.17, 15) is 4.39 Å². The first-order chi connectivity index (χ1) is 5.68. The first-order valence-corrected chi connectivity index (χ1v) is 4.55. The van der Waals surface area contributed by atoms with Crippen LogP contribution in [0.4, 0.5) is 4.39 Å². The highest BCUT2D eigenvalue weighted by atomic mass is 32.1. The molecule has 0 aliphatic carbocycles. The van der Waals surface area contributed by atoms with E-state index in [0.717, 1.165) is 16.7 Å². The molecule has 0 atom stereocenters. The van der Waals surface area contributed by atoms with Crippen LogP contribution in [0.25, 0.3) is 10.1 Å². The van der Waals surface area contributed by atoms with Crippen molar-refractivity contribution in [1.82, 2.24) is 0 Å². The molecule has 2 rings (SSSR count). The van der Waals surface area contributed by atoms with E-state index in [4.69, 9.17) is 5.11 Å². The predicted octanol–water partition coefficient (Wildman–Crippen LogP) is 3.03. The summed E-state index contributed by atoms with van der Waals surface area (Å²) < 4.78 is 13.6. The molecule has 1 aromatic carbocycles. The second-order valence-electron chi connectivity index (χ2n) is 2.40. The number of halogens is 1. The number of fused-ring (bicyclic) bond motifs is 1. The molecule has 0 bridgehead atoms. The molecular weight excluding hydrogens is 195 g/mol.